The summed E-state index contributed by atoms with van der Waals surface area (Å²) in [5.41, 5.74) is 22.1. The van der Waals surface area contributed by atoms with Gasteiger partial charge in [0.15, 0.2) is 0 Å². The molecule has 4 nitrogen and oxygen atoms in total. The smallest absolute Gasteiger partial charge is 0.216 e. The summed E-state index contributed by atoms with van der Waals surface area (Å²) >= 11 is 6.59. The molecule has 0 atom stereocenters. The van der Waals surface area contributed by atoms with E-state index in [4.69, 9.17) is 11.5 Å². The van der Waals surface area contributed by atoms with Gasteiger partial charge >= 0.3 is 0 Å². The van der Waals surface area contributed by atoms with Crippen LogP contribution in [0.1, 0.15) is 46.2 Å². The molecule has 0 unspecified atom stereocenters. The fourth-order valence-corrected chi connectivity index (χ4v) is 5.54. The van der Waals surface area contributed by atoms with Gasteiger partial charge in [-0.15, -0.1) is 0 Å². The number of hydrogen-bond acceptors (Lipinski definition) is 4. The lowest BCUT2D eigenvalue weighted by Gasteiger charge is -2.13. The standard InChI is InChI=1S/C15H15FN2.C9H10BrN.C6H5BrFN/c1-9-11(7-8-18-15(9)16)13-6-5-10-3-2-4-12(10)14(13)17;10-8-5-4-6-2-1-3-7(6)9(8)11;1-4-5(7)2-3-9-6(4)8/h5-8H,2-4,17H2,1H3;4-5H,1-3,11H2;2-3H,1H3. The molecule has 0 saturated heterocycles. The number of rotatable bonds is 1. The van der Waals surface area contributed by atoms with Gasteiger partial charge in [0, 0.05) is 49.4 Å². The van der Waals surface area contributed by atoms with Gasteiger partial charge in [-0.05, 0) is 114 Å². The van der Waals surface area contributed by atoms with Gasteiger partial charge in [-0.2, -0.15) is 8.78 Å². The highest BCUT2D eigenvalue weighted by Gasteiger charge is 2.18. The average Bonchev–Trinajstić information content (AvgIpc) is 3.58. The molecule has 2 heterocycles. The highest BCUT2D eigenvalue weighted by Crippen LogP contribution is 2.36. The van der Waals surface area contributed by atoms with Gasteiger partial charge in [-0.3, -0.25) is 0 Å². The van der Waals surface area contributed by atoms with E-state index in [2.05, 4.69) is 54.0 Å². The number of nitrogens with zero attached hydrogens (tertiary/aromatic N) is 2. The predicted molar refractivity (Wildman–Crippen MR) is 158 cm³/mol. The lowest BCUT2D eigenvalue weighted by atomic mass is 9.96. The fourth-order valence-electron chi connectivity index (χ4n) is 4.89. The topological polar surface area (TPSA) is 77.8 Å². The molecular weight excluding hydrogens is 614 g/mol. The van der Waals surface area contributed by atoms with Crippen LogP contribution in [0.25, 0.3) is 11.1 Å². The summed E-state index contributed by atoms with van der Waals surface area (Å²) in [5, 5.41) is 0. The van der Waals surface area contributed by atoms with E-state index in [9.17, 15) is 8.78 Å². The van der Waals surface area contributed by atoms with E-state index >= 15 is 0 Å². The Hall–Kier alpha value is -2.84. The Morgan fingerprint density at radius 1 is 0.632 bits per heavy atom. The summed E-state index contributed by atoms with van der Waals surface area (Å²) in [6.45, 7) is 3.41. The summed E-state index contributed by atoms with van der Waals surface area (Å²) < 4.78 is 27.8. The van der Waals surface area contributed by atoms with E-state index in [0.29, 0.717) is 11.1 Å². The number of aromatic nitrogens is 2. The van der Waals surface area contributed by atoms with Crippen molar-refractivity contribution in [3.8, 4) is 11.1 Å². The van der Waals surface area contributed by atoms with E-state index in [1.165, 1.54) is 47.5 Å². The van der Waals surface area contributed by atoms with Crippen molar-refractivity contribution in [1.82, 2.24) is 9.97 Å². The third-order valence-corrected chi connectivity index (χ3v) is 8.66. The van der Waals surface area contributed by atoms with Crippen molar-refractivity contribution in [1.29, 1.82) is 0 Å². The van der Waals surface area contributed by atoms with Gasteiger partial charge in [-0.25, -0.2) is 9.97 Å². The summed E-state index contributed by atoms with van der Waals surface area (Å²) in [7, 11) is 0. The molecule has 4 N–H and O–H groups in total. The van der Waals surface area contributed by atoms with Crippen molar-refractivity contribution in [3.63, 3.8) is 0 Å². The third-order valence-electron chi connectivity index (χ3n) is 7.11. The molecule has 38 heavy (non-hydrogen) atoms. The molecule has 0 bridgehead atoms. The summed E-state index contributed by atoms with van der Waals surface area (Å²) in [4.78, 5) is 7.10. The number of nitrogen functional groups attached to an aromatic ring is 2. The minimum atomic E-state index is -0.424. The Bertz CT molecular complexity index is 1450. The number of aryl methyl sites for hydroxylation is 2. The molecule has 2 aromatic heterocycles. The van der Waals surface area contributed by atoms with Crippen molar-refractivity contribution >= 4 is 43.2 Å². The van der Waals surface area contributed by atoms with Crippen LogP contribution in [0.4, 0.5) is 20.2 Å². The zero-order valence-corrected chi connectivity index (χ0v) is 24.6. The summed E-state index contributed by atoms with van der Waals surface area (Å²) in [6.07, 6.45) is 9.82. The zero-order valence-electron chi connectivity index (χ0n) is 21.4. The summed E-state index contributed by atoms with van der Waals surface area (Å²) in [5.74, 6) is -0.836. The highest BCUT2D eigenvalue weighted by molar-refractivity contribution is 9.10. The van der Waals surface area contributed by atoms with E-state index < -0.39 is 11.9 Å². The van der Waals surface area contributed by atoms with E-state index in [1.54, 1.807) is 19.9 Å². The van der Waals surface area contributed by atoms with Crippen LogP contribution in [0, 0.1) is 25.7 Å². The molecule has 2 aliphatic rings. The van der Waals surface area contributed by atoms with Crippen LogP contribution in [-0.4, -0.2) is 9.97 Å². The summed E-state index contributed by atoms with van der Waals surface area (Å²) in [6, 6.07) is 11.9. The first-order valence-corrected chi connectivity index (χ1v) is 14.1. The van der Waals surface area contributed by atoms with E-state index in [0.717, 1.165) is 57.1 Å². The Labute approximate surface area is 239 Å². The molecule has 0 aliphatic heterocycles. The molecule has 0 radical (unpaired) electrons. The lowest BCUT2D eigenvalue weighted by molar-refractivity contribution is 0.573. The van der Waals surface area contributed by atoms with Crippen molar-refractivity contribution in [3.05, 3.63) is 103 Å². The quantitative estimate of drug-likeness (QED) is 0.162. The Kier molecular flexibility index (Phi) is 9.15. The number of benzene rings is 2. The molecular formula is C30H30Br2F2N4. The highest BCUT2D eigenvalue weighted by atomic mass is 79.9. The number of hydrogen-bond donors (Lipinski definition) is 2. The van der Waals surface area contributed by atoms with Crippen LogP contribution in [0.5, 0.6) is 0 Å². The van der Waals surface area contributed by atoms with Crippen molar-refractivity contribution in [2.45, 2.75) is 52.4 Å². The second-order valence-electron chi connectivity index (χ2n) is 9.45. The van der Waals surface area contributed by atoms with Crippen molar-refractivity contribution in [2.24, 2.45) is 0 Å². The maximum absolute atomic E-state index is 13.5. The molecule has 4 aromatic rings. The third kappa shape index (κ3) is 6.07. The molecule has 198 valence electrons. The number of pyridine rings is 2. The normalized spacial score (nSPS) is 13.1. The Morgan fingerprint density at radius 2 is 1.18 bits per heavy atom. The molecule has 6 rings (SSSR count). The second kappa shape index (κ2) is 12.3. The first kappa shape index (κ1) is 28.2. The first-order valence-electron chi connectivity index (χ1n) is 12.5. The van der Waals surface area contributed by atoms with Gasteiger partial charge < -0.3 is 11.5 Å². The van der Waals surface area contributed by atoms with Gasteiger partial charge in [0.05, 0.1) is 0 Å². The Balaban J connectivity index is 0.000000144. The SMILES string of the molecule is Cc1c(-c2ccc3c(c2N)CCC3)ccnc1F.Cc1c(Br)ccnc1F.Nc1c(Br)ccc2c1CCC2. The van der Waals surface area contributed by atoms with Crippen LogP contribution in [0.15, 0.2) is 57.7 Å². The van der Waals surface area contributed by atoms with Crippen LogP contribution < -0.4 is 11.5 Å². The average molecular weight is 644 g/mol. The van der Waals surface area contributed by atoms with Gasteiger partial charge in [0.25, 0.3) is 0 Å². The lowest BCUT2D eigenvalue weighted by Crippen LogP contribution is -1.99. The van der Waals surface area contributed by atoms with Crippen LogP contribution >= 0.6 is 31.9 Å². The van der Waals surface area contributed by atoms with Gasteiger partial charge in [-0.1, -0.05) is 34.1 Å². The van der Waals surface area contributed by atoms with Crippen molar-refractivity contribution < 1.29 is 8.78 Å². The monoisotopic (exact) mass is 642 g/mol. The molecule has 0 spiro atoms. The molecule has 0 amide bonds. The maximum Gasteiger partial charge on any atom is 0.216 e. The molecule has 0 saturated carbocycles. The van der Waals surface area contributed by atoms with Gasteiger partial charge in [0.2, 0.25) is 11.9 Å². The van der Waals surface area contributed by atoms with E-state index in [-0.39, 0.29) is 0 Å². The minimum absolute atomic E-state index is 0.413. The fraction of sp³-hybridized carbons (Fsp3) is 0.267. The number of fused-ring (bicyclic) bond motifs is 2. The maximum atomic E-state index is 13.5. The molecule has 2 aliphatic carbocycles. The first-order chi connectivity index (χ1) is 18.2. The molecule has 2 aromatic carbocycles. The van der Waals surface area contributed by atoms with Crippen LogP contribution in [0.3, 0.4) is 0 Å². The van der Waals surface area contributed by atoms with Crippen LogP contribution in [-0.2, 0) is 25.7 Å². The number of nitrogens with two attached hydrogens (primary N) is 2. The molecule has 8 heteroatoms. The van der Waals surface area contributed by atoms with E-state index in [1.807, 2.05) is 18.2 Å². The molecule has 0 fully saturated rings. The van der Waals surface area contributed by atoms with Crippen LogP contribution in [0.2, 0.25) is 0 Å². The zero-order chi connectivity index (χ0) is 27.4. The van der Waals surface area contributed by atoms with Gasteiger partial charge in [0.1, 0.15) is 0 Å². The van der Waals surface area contributed by atoms with Crippen molar-refractivity contribution in [2.75, 3.05) is 11.5 Å². The second-order valence-corrected chi connectivity index (χ2v) is 11.2. The largest absolute Gasteiger partial charge is 0.398 e. The number of halogens is 4. The Morgan fingerprint density at radius 3 is 1.79 bits per heavy atom. The predicted octanol–water partition coefficient (Wildman–Crippen LogP) is 8.08. The number of anilines is 2. The minimum Gasteiger partial charge on any atom is -0.398 e.